The summed E-state index contributed by atoms with van der Waals surface area (Å²) in [5.41, 5.74) is -0.697. The fourth-order valence-corrected chi connectivity index (χ4v) is 3.52. The molecule has 0 rings (SSSR count). The van der Waals surface area contributed by atoms with Crippen LogP contribution < -0.4 is 0 Å². The van der Waals surface area contributed by atoms with E-state index in [4.69, 9.17) is 9.47 Å². The molecule has 0 aromatic carbocycles. The van der Waals surface area contributed by atoms with Gasteiger partial charge < -0.3 is 9.47 Å². The van der Waals surface area contributed by atoms with Crippen LogP contribution in [0.5, 0.6) is 0 Å². The Balaban J connectivity index is 4.34. The van der Waals surface area contributed by atoms with Gasteiger partial charge in [-0.05, 0) is 51.4 Å². The van der Waals surface area contributed by atoms with E-state index >= 15 is 0 Å². The molecule has 0 aliphatic rings. The van der Waals surface area contributed by atoms with Gasteiger partial charge in [0, 0.05) is 0 Å². The lowest BCUT2D eigenvalue weighted by molar-refractivity contribution is -0.159. The second-order valence-corrected chi connectivity index (χ2v) is 7.59. The number of carbonyl (C=O) groups excluding carboxylic acids is 2. The number of hydrogen-bond donors (Lipinski definition) is 2. The summed E-state index contributed by atoms with van der Waals surface area (Å²) < 4.78 is 11.3. The van der Waals surface area contributed by atoms with Crippen molar-refractivity contribution >= 4 is 37.2 Å². The van der Waals surface area contributed by atoms with E-state index in [0.29, 0.717) is 0 Å². The number of carbonyl (C=O) groups is 2. The molecule has 0 fully saturated rings. The van der Waals surface area contributed by atoms with E-state index in [0.717, 1.165) is 64.2 Å². The average molecular weight is 407 g/mol. The van der Waals surface area contributed by atoms with Gasteiger partial charge in [0.15, 0.2) is 0 Å². The Morgan fingerprint density at radius 2 is 0.962 bits per heavy atom. The average Bonchev–Trinajstić information content (AvgIpc) is 2.68. The zero-order valence-electron chi connectivity index (χ0n) is 17.0. The van der Waals surface area contributed by atoms with Crippen molar-refractivity contribution in [1.29, 1.82) is 0 Å². The van der Waals surface area contributed by atoms with E-state index < -0.39 is 0 Å². The molecule has 0 unspecified atom stereocenters. The van der Waals surface area contributed by atoms with Gasteiger partial charge in [-0.25, -0.2) is 0 Å². The van der Waals surface area contributed by atoms with Crippen LogP contribution in [0.2, 0.25) is 0 Å². The molecule has 0 saturated heterocycles. The molecule has 0 atom stereocenters. The third-order valence-electron chi connectivity index (χ3n) is 5.51. The minimum absolute atomic E-state index is 0.128. The topological polar surface area (TPSA) is 52.6 Å². The van der Waals surface area contributed by atoms with Crippen LogP contribution in [0.4, 0.5) is 0 Å². The molecular formula is C20H38O4S2. The van der Waals surface area contributed by atoms with Crippen LogP contribution in [-0.4, -0.2) is 34.6 Å². The lowest BCUT2D eigenvalue weighted by Crippen LogP contribution is -2.34. The minimum atomic E-state index is -0.349. The molecule has 0 aromatic rings. The van der Waals surface area contributed by atoms with E-state index in [9.17, 15) is 9.59 Å². The molecule has 4 nitrogen and oxygen atoms in total. The van der Waals surface area contributed by atoms with Crippen LogP contribution in [-0.2, 0) is 19.1 Å². The van der Waals surface area contributed by atoms with Gasteiger partial charge in [-0.3, -0.25) is 9.59 Å². The van der Waals surface area contributed by atoms with Crippen LogP contribution in [0.3, 0.4) is 0 Å². The molecular weight excluding hydrogens is 368 g/mol. The quantitative estimate of drug-likeness (QED) is 0.217. The molecule has 0 saturated carbocycles. The Morgan fingerprint density at radius 1 is 0.654 bits per heavy atom. The van der Waals surface area contributed by atoms with E-state index in [1.54, 1.807) is 0 Å². The van der Waals surface area contributed by atoms with Gasteiger partial charge in [0.2, 0.25) is 0 Å². The van der Waals surface area contributed by atoms with Crippen LogP contribution >= 0.6 is 25.3 Å². The van der Waals surface area contributed by atoms with Crippen molar-refractivity contribution in [2.75, 3.05) is 11.5 Å². The number of ether oxygens (including phenoxy) is 2. The highest BCUT2D eigenvalue weighted by Crippen LogP contribution is 2.30. The molecule has 0 aromatic heterocycles. The fraction of sp³-hybridized carbons (Fsp3) is 0.900. The van der Waals surface area contributed by atoms with Crippen molar-refractivity contribution in [2.24, 2.45) is 0 Å². The molecule has 154 valence electrons. The number of thiol groups is 2. The van der Waals surface area contributed by atoms with Crippen molar-refractivity contribution < 1.29 is 19.1 Å². The molecule has 6 heteroatoms. The Bertz CT molecular complexity index is 367. The molecule has 0 spiro atoms. The summed E-state index contributed by atoms with van der Waals surface area (Å²) in [5, 5.41) is 0. The summed E-state index contributed by atoms with van der Waals surface area (Å²) in [7, 11) is 0. The maximum Gasteiger partial charge on any atom is 0.316 e. The predicted molar refractivity (Wildman–Crippen MR) is 114 cm³/mol. The minimum Gasteiger partial charge on any atom is -0.458 e. The van der Waals surface area contributed by atoms with E-state index in [1.165, 1.54) is 0 Å². The van der Waals surface area contributed by atoms with Gasteiger partial charge in [-0.15, -0.1) is 0 Å². The summed E-state index contributed by atoms with van der Waals surface area (Å²) in [6, 6.07) is 0. The van der Waals surface area contributed by atoms with Gasteiger partial charge in [-0.2, -0.15) is 25.3 Å². The number of esters is 2. The van der Waals surface area contributed by atoms with Crippen molar-refractivity contribution in [3.8, 4) is 0 Å². The Morgan fingerprint density at radius 3 is 1.19 bits per heavy atom. The molecule has 0 radical (unpaired) electrons. The largest absolute Gasteiger partial charge is 0.458 e. The first-order valence-corrected chi connectivity index (χ1v) is 11.3. The second-order valence-electron chi connectivity index (χ2n) is 6.96. The van der Waals surface area contributed by atoms with E-state index in [-0.39, 0.29) is 34.6 Å². The van der Waals surface area contributed by atoms with E-state index in [1.807, 2.05) is 0 Å². The van der Waals surface area contributed by atoms with Crippen LogP contribution in [0.15, 0.2) is 0 Å². The zero-order chi connectivity index (χ0) is 20.1. The summed E-state index contributed by atoms with van der Waals surface area (Å²) in [6.07, 6.45) is 9.34. The first-order chi connectivity index (χ1) is 12.4. The van der Waals surface area contributed by atoms with Gasteiger partial charge in [0.05, 0.1) is 11.5 Å². The highest BCUT2D eigenvalue weighted by molar-refractivity contribution is 7.81. The molecule has 0 aliphatic carbocycles. The van der Waals surface area contributed by atoms with Gasteiger partial charge in [0.25, 0.3) is 0 Å². The number of hydrogen-bond acceptors (Lipinski definition) is 6. The maximum atomic E-state index is 11.6. The first-order valence-electron chi connectivity index (χ1n) is 10.0. The molecule has 0 aliphatic heterocycles. The van der Waals surface area contributed by atoms with Crippen molar-refractivity contribution in [3.05, 3.63) is 0 Å². The van der Waals surface area contributed by atoms with Gasteiger partial charge in [0.1, 0.15) is 11.2 Å². The number of rotatable bonds is 15. The first kappa shape index (κ1) is 25.6. The normalized spacial score (nSPS) is 12.1. The summed E-state index contributed by atoms with van der Waals surface area (Å²) in [4.78, 5) is 23.2. The standard InChI is InChI=1S/C20H38O4S2/c1-5-19(6-2,23-17(21)15-25)13-11-9-10-12-14-20(7-3,8-4)24-18(22)16-26/h25-26H,5-16H2,1-4H3. The third-order valence-corrected chi connectivity index (χ3v) is 6.03. The highest BCUT2D eigenvalue weighted by Gasteiger charge is 2.31. The number of unbranched alkanes of at least 4 members (excludes halogenated alkanes) is 3. The Labute approximate surface area is 171 Å². The third kappa shape index (κ3) is 9.03. The highest BCUT2D eigenvalue weighted by atomic mass is 32.1. The Kier molecular flexibility index (Phi) is 13.6. The fourth-order valence-electron chi connectivity index (χ4n) is 3.39. The van der Waals surface area contributed by atoms with Crippen molar-refractivity contribution in [2.45, 2.75) is 103 Å². The van der Waals surface area contributed by atoms with Crippen LogP contribution in [0.1, 0.15) is 91.9 Å². The predicted octanol–water partition coefficient (Wildman–Crippen LogP) is 5.39. The second kappa shape index (κ2) is 13.8. The summed E-state index contributed by atoms with van der Waals surface area (Å²) in [6.45, 7) is 8.29. The summed E-state index contributed by atoms with van der Waals surface area (Å²) >= 11 is 8.01. The monoisotopic (exact) mass is 406 g/mol. The van der Waals surface area contributed by atoms with Crippen molar-refractivity contribution in [1.82, 2.24) is 0 Å². The lowest BCUT2D eigenvalue weighted by Gasteiger charge is -2.32. The molecule has 0 N–H and O–H groups in total. The van der Waals surface area contributed by atoms with Gasteiger partial charge >= 0.3 is 11.9 Å². The lowest BCUT2D eigenvalue weighted by atomic mass is 9.88. The summed E-state index contributed by atoms with van der Waals surface area (Å²) in [5.74, 6) is -0.219. The van der Waals surface area contributed by atoms with Gasteiger partial charge in [-0.1, -0.05) is 40.5 Å². The smallest absolute Gasteiger partial charge is 0.316 e. The molecule has 26 heavy (non-hydrogen) atoms. The van der Waals surface area contributed by atoms with Crippen LogP contribution in [0, 0.1) is 0 Å². The SMILES string of the molecule is CCC(CC)(CCCCCCC(CC)(CC)OC(=O)CS)OC(=O)CS. The van der Waals surface area contributed by atoms with Crippen LogP contribution in [0.25, 0.3) is 0 Å². The maximum absolute atomic E-state index is 11.6. The van der Waals surface area contributed by atoms with E-state index in [2.05, 4.69) is 53.0 Å². The van der Waals surface area contributed by atoms with Crippen molar-refractivity contribution in [3.63, 3.8) is 0 Å². The Hall–Kier alpha value is -0.360. The zero-order valence-corrected chi connectivity index (χ0v) is 18.8. The molecule has 0 amide bonds. The molecule has 0 heterocycles. The molecule has 0 bridgehead atoms.